The molecule has 0 atom stereocenters. The lowest BCUT2D eigenvalue weighted by Crippen LogP contribution is -2.31. The van der Waals surface area contributed by atoms with Crippen LogP contribution in [0, 0.1) is 0 Å². The molecule has 7 heteroatoms. The Hall–Kier alpha value is -5.30. The summed E-state index contributed by atoms with van der Waals surface area (Å²) >= 11 is 0. The van der Waals surface area contributed by atoms with Gasteiger partial charge in [0.1, 0.15) is 17.1 Å². The van der Waals surface area contributed by atoms with Crippen molar-refractivity contribution in [1.82, 2.24) is 14.1 Å². The van der Waals surface area contributed by atoms with Gasteiger partial charge in [0.2, 0.25) is 0 Å². The van der Waals surface area contributed by atoms with Gasteiger partial charge in [0.25, 0.3) is 5.56 Å². The summed E-state index contributed by atoms with van der Waals surface area (Å²) in [6.07, 6.45) is 0.441. The van der Waals surface area contributed by atoms with Crippen LogP contribution in [0.4, 0.5) is 0 Å². The molecule has 0 saturated heterocycles. The Labute approximate surface area is 229 Å². The molecule has 0 radical (unpaired) electrons. The van der Waals surface area contributed by atoms with Crippen LogP contribution < -0.4 is 11.2 Å². The van der Waals surface area contributed by atoms with Gasteiger partial charge < -0.3 is 14.8 Å². The molecule has 6 aromatic rings. The summed E-state index contributed by atoms with van der Waals surface area (Å²) in [7, 11) is 0. The van der Waals surface area contributed by atoms with Crippen molar-refractivity contribution >= 4 is 11.0 Å². The van der Waals surface area contributed by atoms with Crippen molar-refractivity contribution in [3.8, 4) is 22.6 Å². The standard InChI is InChI=1S/C33H27N3O4/c37-26-15-11-22(12-16-26)19-28-29(25-13-17-27(38)18-14-25)30-31(39)34-33(40)36(21-24-9-5-2-6-10-24)32(30)35(28)20-23-7-3-1-4-8-23/h1-18,37-38H,19-21H2,(H,34,39,40). The molecule has 6 rings (SSSR count). The summed E-state index contributed by atoms with van der Waals surface area (Å²) in [5, 5.41) is 20.3. The first-order valence-electron chi connectivity index (χ1n) is 13.0. The molecule has 0 bridgehead atoms. The van der Waals surface area contributed by atoms with E-state index in [0.717, 1.165) is 27.9 Å². The number of H-pyrrole nitrogens is 1. The molecule has 4 aromatic carbocycles. The minimum atomic E-state index is -0.485. The number of aromatic hydroxyl groups is 2. The maximum atomic E-state index is 13.6. The van der Waals surface area contributed by atoms with Gasteiger partial charge in [0.15, 0.2) is 0 Å². The molecule has 0 saturated carbocycles. The number of phenols is 2. The second-order valence-corrected chi connectivity index (χ2v) is 9.81. The summed E-state index contributed by atoms with van der Waals surface area (Å²) < 4.78 is 3.68. The van der Waals surface area contributed by atoms with Gasteiger partial charge in [-0.1, -0.05) is 84.9 Å². The highest BCUT2D eigenvalue weighted by molar-refractivity contribution is 5.96. The largest absolute Gasteiger partial charge is 0.508 e. The van der Waals surface area contributed by atoms with Crippen LogP contribution >= 0.6 is 0 Å². The van der Waals surface area contributed by atoms with Crippen LogP contribution in [0.1, 0.15) is 22.4 Å². The van der Waals surface area contributed by atoms with E-state index in [1.54, 1.807) is 41.0 Å². The minimum absolute atomic E-state index is 0.117. The maximum Gasteiger partial charge on any atom is 0.330 e. The molecule has 0 amide bonds. The summed E-state index contributed by atoms with van der Waals surface area (Å²) in [6, 6.07) is 33.3. The number of hydrogen-bond donors (Lipinski definition) is 3. The first-order valence-corrected chi connectivity index (χ1v) is 13.0. The van der Waals surface area contributed by atoms with E-state index in [1.165, 1.54) is 0 Å². The van der Waals surface area contributed by atoms with Crippen LogP contribution in [-0.4, -0.2) is 24.3 Å². The smallest absolute Gasteiger partial charge is 0.330 e. The van der Waals surface area contributed by atoms with Gasteiger partial charge >= 0.3 is 5.69 Å². The molecule has 0 fully saturated rings. The Morgan fingerprint density at radius 1 is 0.600 bits per heavy atom. The molecular formula is C33H27N3O4. The van der Waals surface area contributed by atoms with E-state index in [4.69, 9.17) is 0 Å². The molecule has 2 heterocycles. The van der Waals surface area contributed by atoms with E-state index in [9.17, 15) is 19.8 Å². The average molecular weight is 530 g/mol. The van der Waals surface area contributed by atoms with E-state index in [1.807, 2.05) is 72.8 Å². The number of hydrogen-bond acceptors (Lipinski definition) is 4. The van der Waals surface area contributed by atoms with Crippen LogP contribution in [0.3, 0.4) is 0 Å². The number of phenolic OH excluding ortho intramolecular Hbond substituents is 2. The van der Waals surface area contributed by atoms with Crippen molar-refractivity contribution in [3.05, 3.63) is 152 Å². The van der Waals surface area contributed by atoms with E-state index < -0.39 is 11.2 Å². The zero-order chi connectivity index (χ0) is 27.6. The maximum absolute atomic E-state index is 13.6. The topological polar surface area (TPSA) is 100 Å². The summed E-state index contributed by atoms with van der Waals surface area (Å²) in [6.45, 7) is 0.708. The number of nitrogens with one attached hydrogen (secondary N) is 1. The number of aromatic nitrogens is 3. The zero-order valence-corrected chi connectivity index (χ0v) is 21.6. The number of nitrogens with zero attached hydrogens (tertiary/aromatic N) is 2. The van der Waals surface area contributed by atoms with Gasteiger partial charge in [0.05, 0.1) is 11.9 Å². The van der Waals surface area contributed by atoms with Crippen LogP contribution in [0.2, 0.25) is 0 Å². The third kappa shape index (κ3) is 4.80. The van der Waals surface area contributed by atoms with Crippen molar-refractivity contribution in [2.45, 2.75) is 19.5 Å². The van der Waals surface area contributed by atoms with E-state index in [0.29, 0.717) is 29.6 Å². The predicted molar refractivity (Wildman–Crippen MR) is 156 cm³/mol. The van der Waals surface area contributed by atoms with Crippen LogP contribution in [-0.2, 0) is 19.5 Å². The second kappa shape index (κ2) is 10.5. The molecule has 0 aliphatic carbocycles. The number of aromatic amines is 1. The van der Waals surface area contributed by atoms with Crippen molar-refractivity contribution < 1.29 is 10.2 Å². The Kier molecular flexibility index (Phi) is 6.54. The molecule has 0 spiro atoms. The zero-order valence-electron chi connectivity index (χ0n) is 21.6. The average Bonchev–Trinajstić information content (AvgIpc) is 3.27. The Morgan fingerprint density at radius 2 is 1.12 bits per heavy atom. The van der Waals surface area contributed by atoms with Crippen molar-refractivity contribution in [2.24, 2.45) is 0 Å². The van der Waals surface area contributed by atoms with Crippen LogP contribution in [0.15, 0.2) is 119 Å². The minimum Gasteiger partial charge on any atom is -0.508 e. The highest BCUT2D eigenvalue weighted by Crippen LogP contribution is 2.36. The summed E-state index contributed by atoms with van der Waals surface area (Å²) in [5.41, 5.74) is 4.74. The second-order valence-electron chi connectivity index (χ2n) is 9.81. The van der Waals surface area contributed by atoms with Crippen molar-refractivity contribution in [2.75, 3.05) is 0 Å². The fourth-order valence-corrected chi connectivity index (χ4v) is 5.25. The van der Waals surface area contributed by atoms with Gasteiger partial charge in [-0.05, 0) is 46.5 Å². The van der Waals surface area contributed by atoms with Crippen LogP contribution in [0.5, 0.6) is 11.5 Å². The summed E-state index contributed by atoms with van der Waals surface area (Å²) in [4.78, 5) is 29.6. The molecule has 2 aromatic heterocycles. The fourth-order valence-electron chi connectivity index (χ4n) is 5.25. The number of rotatable bonds is 7. The Bertz CT molecular complexity index is 1900. The van der Waals surface area contributed by atoms with E-state index in [2.05, 4.69) is 9.55 Å². The lowest BCUT2D eigenvalue weighted by atomic mass is 9.99. The number of benzene rings is 4. The Morgan fingerprint density at radius 3 is 1.70 bits per heavy atom. The highest BCUT2D eigenvalue weighted by Gasteiger charge is 2.25. The van der Waals surface area contributed by atoms with Crippen molar-refractivity contribution in [3.63, 3.8) is 0 Å². The molecule has 198 valence electrons. The quantitative estimate of drug-likeness (QED) is 0.263. The lowest BCUT2D eigenvalue weighted by molar-refractivity contribution is 0.474. The van der Waals surface area contributed by atoms with Gasteiger partial charge in [0, 0.05) is 24.2 Å². The molecule has 0 unspecified atom stereocenters. The molecule has 40 heavy (non-hydrogen) atoms. The molecule has 7 nitrogen and oxygen atoms in total. The van der Waals surface area contributed by atoms with Gasteiger partial charge in [-0.2, -0.15) is 0 Å². The monoisotopic (exact) mass is 529 g/mol. The normalized spacial score (nSPS) is 11.2. The van der Waals surface area contributed by atoms with Gasteiger partial charge in [-0.3, -0.25) is 14.3 Å². The van der Waals surface area contributed by atoms with Crippen LogP contribution in [0.25, 0.3) is 22.2 Å². The SMILES string of the molecule is O=c1[nH]c(=O)n(Cc2ccccc2)c2c1c(-c1ccc(O)cc1)c(Cc1ccc(O)cc1)n2Cc1ccccc1. The molecule has 0 aliphatic rings. The third-order valence-corrected chi connectivity index (χ3v) is 7.12. The van der Waals surface area contributed by atoms with E-state index >= 15 is 0 Å². The third-order valence-electron chi connectivity index (χ3n) is 7.12. The fraction of sp³-hybridized carbons (Fsp3) is 0.0909. The molecule has 0 aliphatic heterocycles. The lowest BCUT2D eigenvalue weighted by Gasteiger charge is -2.15. The number of fused-ring (bicyclic) bond motifs is 1. The first-order chi connectivity index (χ1) is 19.5. The van der Waals surface area contributed by atoms with E-state index in [-0.39, 0.29) is 18.0 Å². The highest BCUT2D eigenvalue weighted by atomic mass is 16.3. The molecule has 3 N–H and O–H groups in total. The first kappa shape index (κ1) is 25.0. The summed E-state index contributed by atoms with van der Waals surface area (Å²) in [5.74, 6) is 0.284. The predicted octanol–water partition coefficient (Wildman–Crippen LogP) is 5.26. The molecular weight excluding hydrogens is 502 g/mol. The van der Waals surface area contributed by atoms with Gasteiger partial charge in [-0.25, -0.2) is 4.79 Å². The van der Waals surface area contributed by atoms with Gasteiger partial charge in [-0.15, -0.1) is 0 Å². The van der Waals surface area contributed by atoms with Crippen molar-refractivity contribution in [1.29, 1.82) is 0 Å². The Balaban J connectivity index is 1.71.